The Hall–Kier alpha value is -4.39. The van der Waals surface area contributed by atoms with Crippen molar-refractivity contribution in [3.63, 3.8) is 0 Å². The van der Waals surface area contributed by atoms with Gasteiger partial charge in [0.1, 0.15) is 35.6 Å². The van der Waals surface area contributed by atoms with Crippen molar-refractivity contribution in [2.75, 3.05) is 12.4 Å². The van der Waals surface area contributed by atoms with Gasteiger partial charge in [0.25, 0.3) is 17.5 Å². The van der Waals surface area contributed by atoms with Crippen molar-refractivity contribution in [2.24, 2.45) is 0 Å². The molecule has 4 rings (SSSR count). The largest absolute Gasteiger partial charge is 0.484 e. The van der Waals surface area contributed by atoms with Gasteiger partial charge in [-0.15, -0.1) is 11.8 Å². The van der Waals surface area contributed by atoms with E-state index < -0.39 is 46.2 Å². The second-order valence-electron chi connectivity index (χ2n) is 8.68. The number of carbonyl (C=O) groups excluding carboxylic acids is 4. The zero-order chi connectivity index (χ0) is 28.1. The van der Waals surface area contributed by atoms with Crippen molar-refractivity contribution in [1.82, 2.24) is 10.2 Å². The number of ether oxygens (including phenoxy) is 3. The highest BCUT2D eigenvalue weighted by molar-refractivity contribution is 8.00. The Morgan fingerprint density at radius 1 is 1.15 bits per heavy atom. The van der Waals surface area contributed by atoms with Crippen LogP contribution in [0, 0.1) is 10.1 Å². The maximum atomic E-state index is 13.2. The lowest BCUT2D eigenvalue weighted by Gasteiger charge is -2.50. The number of rotatable bonds is 10. The Labute approximate surface area is 227 Å². The molecule has 0 aliphatic carbocycles. The fraction of sp³-hybridized carbons (Fsp3) is 0.308. The Bertz CT molecular complexity index is 1310. The first-order chi connectivity index (χ1) is 18.7. The molecule has 2 aliphatic heterocycles. The molecular formula is C26H25N3O9S. The van der Waals surface area contributed by atoms with Crippen molar-refractivity contribution < 1.29 is 38.3 Å². The lowest BCUT2D eigenvalue weighted by atomic mass is 10.0. The second kappa shape index (κ2) is 12.0. The molecule has 1 N–H and O–H groups in total. The minimum atomic E-state index is -0.884. The smallest absolute Gasteiger partial charge is 0.355 e. The molecule has 2 aromatic rings. The lowest BCUT2D eigenvalue weighted by molar-refractivity contribution is -0.384. The van der Waals surface area contributed by atoms with Crippen LogP contribution < -0.4 is 10.1 Å². The first-order valence-electron chi connectivity index (χ1n) is 11.9. The fourth-order valence-corrected chi connectivity index (χ4v) is 5.53. The first-order valence-corrected chi connectivity index (χ1v) is 12.9. The number of β-lactam (4-membered cyclic amide) rings is 1. The summed E-state index contributed by atoms with van der Waals surface area (Å²) in [5, 5.41) is 12.9. The van der Waals surface area contributed by atoms with E-state index in [9.17, 15) is 29.3 Å². The lowest BCUT2D eigenvalue weighted by Crippen LogP contribution is -2.71. The number of nitrogens with zero attached hydrogens (tertiary/aromatic N) is 2. The van der Waals surface area contributed by atoms with Crippen molar-refractivity contribution >= 4 is 41.2 Å². The monoisotopic (exact) mass is 555 g/mol. The van der Waals surface area contributed by atoms with Gasteiger partial charge in [-0.25, -0.2) is 4.79 Å². The summed E-state index contributed by atoms with van der Waals surface area (Å²) in [5.41, 5.74) is 0.742. The standard InChI is InChI=1S/C26H25N3O9S/c1-15(38-16(2)30)20-14-39-25-22(27-21(31)13-36-19-6-4-3-5-7-19)24(32)28(25)23(20)26(33)37-12-17-8-10-18(11-9-17)29(34)35/h3-11,15,22,25H,12-14H2,1-2H3,(H,27,31)/t15?,22-,25+/m1/s1. The van der Waals surface area contributed by atoms with Crippen LogP contribution in [0.1, 0.15) is 19.4 Å². The van der Waals surface area contributed by atoms with Crippen LogP contribution in [0.4, 0.5) is 5.69 Å². The van der Waals surface area contributed by atoms with Gasteiger partial charge in [-0.2, -0.15) is 0 Å². The quantitative estimate of drug-likeness (QED) is 0.200. The number of benzene rings is 2. The average Bonchev–Trinajstić information content (AvgIpc) is 2.92. The third-order valence-electron chi connectivity index (χ3n) is 5.97. The van der Waals surface area contributed by atoms with E-state index in [0.717, 1.165) is 0 Å². The molecule has 1 fully saturated rings. The minimum Gasteiger partial charge on any atom is -0.484 e. The van der Waals surface area contributed by atoms with Crippen molar-refractivity contribution in [1.29, 1.82) is 0 Å². The van der Waals surface area contributed by atoms with Crippen molar-refractivity contribution in [3.8, 4) is 5.75 Å². The van der Waals surface area contributed by atoms with E-state index in [4.69, 9.17) is 14.2 Å². The van der Waals surface area contributed by atoms with Crippen LogP contribution in [-0.2, 0) is 35.3 Å². The number of thioether (sulfide) groups is 1. The number of para-hydroxylation sites is 1. The molecule has 2 amide bonds. The van der Waals surface area contributed by atoms with Crippen LogP contribution in [0.15, 0.2) is 65.9 Å². The summed E-state index contributed by atoms with van der Waals surface area (Å²) in [6.45, 7) is 2.33. The Kier molecular flexibility index (Phi) is 8.49. The third-order valence-corrected chi connectivity index (χ3v) is 7.27. The summed E-state index contributed by atoms with van der Waals surface area (Å²) in [6, 6.07) is 13.4. The number of nitro benzene ring substituents is 1. The maximum absolute atomic E-state index is 13.2. The van der Waals surface area contributed by atoms with Crippen LogP contribution >= 0.6 is 11.8 Å². The molecule has 0 aromatic heterocycles. The van der Waals surface area contributed by atoms with Crippen molar-refractivity contribution in [3.05, 3.63) is 81.5 Å². The number of carbonyl (C=O) groups is 4. The topological polar surface area (TPSA) is 154 Å². The normalized spacial score (nSPS) is 18.8. The van der Waals surface area contributed by atoms with Gasteiger partial charge in [0, 0.05) is 30.4 Å². The summed E-state index contributed by atoms with van der Waals surface area (Å²) in [4.78, 5) is 61.9. The predicted molar refractivity (Wildman–Crippen MR) is 138 cm³/mol. The summed E-state index contributed by atoms with van der Waals surface area (Å²) in [7, 11) is 0. The Morgan fingerprint density at radius 3 is 2.49 bits per heavy atom. The molecule has 2 aromatic carbocycles. The molecule has 3 atom stereocenters. The number of non-ortho nitro benzene ring substituents is 1. The first kappa shape index (κ1) is 27.6. The van der Waals surface area contributed by atoms with Crippen LogP contribution in [-0.4, -0.2) is 63.5 Å². The number of hydrogen-bond acceptors (Lipinski definition) is 10. The maximum Gasteiger partial charge on any atom is 0.355 e. The molecule has 12 nitrogen and oxygen atoms in total. The van der Waals surface area contributed by atoms with E-state index in [0.29, 0.717) is 16.9 Å². The number of fused-ring (bicyclic) bond motifs is 1. The van der Waals surface area contributed by atoms with Crippen LogP contribution in [0.3, 0.4) is 0 Å². The van der Waals surface area contributed by atoms with E-state index in [-0.39, 0.29) is 30.4 Å². The number of hydrogen-bond donors (Lipinski definition) is 1. The average molecular weight is 556 g/mol. The van der Waals surface area contributed by atoms with E-state index in [1.807, 2.05) is 6.07 Å². The highest BCUT2D eigenvalue weighted by atomic mass is 32.2. The van der Waals surface area contributed by atoms with Gasteiger partial charge in [-0.05, 0) is 36.8 Å². The number of nitro groups is 1. The van der Waals surface area contributed by atoms with E-state index in [1.165, 1.54) is 47.9 Å². The zero-order valence-corrected chi connectivity index (χ0v) is 21.8. The third kappa shape index (κ3) is 6.37. The molecule has 0 bridgehead atoms. The van der Waals surface area contributed by atoms with E-state index in [1.54, 1.807) is 31.2 Å². The molecule has 1 saturated heterocycles. The summed E-state index contributed by atoms with van der Waals surface area (Å²) in [6.07, 6.45) is -0.807. The highest BCUT2D eigenvalue weighted by Gasteiger charge is 2.55. The molecule has 1 unspecified atom stereocenters. The summed E-state index contributed by atoms with van der Waals surface area (Å²) < 4.78 is 16.1. The molecule has 13 heteroatoms. The van der Waals surface area contributed by atoms with Crippen LogP contribution in [0.2, 0.25) is 0 Å². The van der Waals surface area contributed by atoms with E-state index >= 15 is 0 Å². The van der Waals surface area contributed by atoms with Gasteiger partial charge in [-0.3, -0.25) is 29.4 Å². The SMILES string of the molecule is CC(=O)OC(C)C1=C(C(=O)OCc2ccc([N+](=O)[O-])cc2)N2C(=O)[C@@H](NC(=O)COc3ccccc3)[C@@H]2SC1. The molecule has 0 radical (unpaired) electrons. The Balaban J connectivity index is 1.46. The van der Waals surface area contributed by atoms with Crippen LogP contribution in [0.5, 0.6) is 5.75 Å². The second-order valence-corrected chi connectivity index (χ2v) is 9.79. The molecule has 0 saturated carbocycles. The van der Waals surface area contributed by atoms with Gasteiger partial charge in [0.2, 0.25) is 0 Å². The minimum absolute atomic E-state index is 0.0505. The van der Waals surface area contributed by atoms with Crippen LogP contribution in [0.25, 0.3) is 0 Å². The summed E-state index contributed by atoms with van der Waals surface area (Å²) in [5.74, 6) is -1.64. The molecule has 2 heterocycles. The Morgan fingerprint density at radius 2 is 1.85 bits per heavy atom. The predicted octanol–water partition coefficient (Wildman–Crippen LogP) is 2.32. The zero-order valence-electron chi connectivity index (χ0n) is 21.0. The summed E-state index contributed by atoms with van der Waals surface area (Å²) >= 11 is 1.31. The molecular weight excluding hydrogens is 530 g/mol. The van der Waals surface area contributed by atoms with Crippen molar-refractivity contribution in [2.45, 2.75) is 38.0 Å². The molecule has 204 valence electrons. The van der Waals surface area contributed by atoms with Gasteiger partial charge in [0.15, 0.2) is 6.61 Å². The fourth-order valence-electron chi connectivity index (χ4n) is 4.07. The van der Waals surface area contributed by atoms with Gasteiger partial charge in [0.05, 0.1) is 4.92 Å². The van der Waals surface area contributed by atoms with Gasteiger partial charge >= 0.3 is 11.9 Å². The van der Waals surface area contributed by atoms with Gasteiger partial charge in [-0.1, -0.05) is 18.2 Å². The van der Waals surface area contributed by atoms with E-state index in [2.05, 4.69) is 5.32 Å². The number of esters is 2. The molecule has 2 aliphatic rings. The van der Waals surface area contributed by atoms with Gasteiger partial charge < -0.3 is 19.5 Å². The highest BCUT2D eigenvalue weighted by Crippen LogP contribution is 2.42. The number of nitrogens with one attached hydrogen (secondary N) is 1. The number of amides is 2. The molecule has 39 heavy (non-hydrogen) atoms. The molecule has 0 spiro atoms.